The van der Waals surface area contributed by atoms with Gasteiger partial charge in [-0.05, 0) is 60.7 Å². The minimum absolute atomic E-state index is 0.0474. The van der Waals surface area contributed by atoms with Crippen LogP contribution in [0.2, 0.25) is 5.02 Å². The zero-order chi connectivity index (χ0) is 26.4. The molecule has 37 heavy (non-hydrogen) atoms. The standard InChI is InChI=1S/C26H14ClN3O7/c27-14-6-10-20(19(12-14)26(34)35)28-23(31)13-4-7-15(8-5-13)29-24(32)17-3-1-2-16-21(30(36)37)11-9-18(22(16)17)25(29)33/h1-12H,(H,28,31)(H,34,35). The van der Waals surface area contributed by atoms with Gasteiger partial charge in [-0.2, -0.15) is 0 Å². The minimum Gasteiger partial charge on any atom is -0.478 e. The fraction of sp³-hybridized carbons (Fsp3) is 0. The van der Waals surface area contributed by atoms with E-state index in [4.69, 9.17) is 11.6 Å². The average Bonchev–Trinajstić information content (AvgIpc) is 2.88. The molecule has 0 spiro atoms. The minimum atomic E-state index is -1.27. The Morgan fingerprint density at radius 2 is 1.59 bits per heavy atom. The van der Waals surface area contributed by atoms with Crippen molar-refractivity contribution in [2.45, 2.75) is 0 Å². The van der Waals surface area contributed by atoms with Crippen LogP contribution in [0.5, 0.6) is 0 Å². The zero-order valence-electron chi connectivity index (χ0n) is 18.6. The van der Waals surface area contributed by atoms with E-state index < -0.39 is 28.6 Å². The number of aromatic carboxylic acids is 1. The van der Waals surface area contributed by atoms with Gasteiger partial charge in [-0.15, -0.1) is 0 Å². The quantitative estimate of drug-likeness (QED) is 0.212. The molecule has 4 aromatic carbocycles. The second-order valence-electron chi connectivity index (χ2n) is 8.06. The molecular formula is C26H14ClN3O7. The highest BCUT2D eigenvalue weighted by atomic mass is 35.5. The SMILES string of the molecule is O=C(Nc1ccc(Cl)cc1C(=O)O)c1ccc(N2C(=O)c3cccc4c([N+](=O)[O-])ccc(c34)C2=O)cc1. The van der Waals surface area contributed by atoms with Crippen LogP contribution < -0.4 is 10.2 Å². The average molecular weight is 516 g/mol. The number of carbonyl (C=O) groups excluding carboxylic acids is 3. The van der Waals surface area contributed by atoms with Crippen molar-refractivity contribution in [3.63, 3.8) is 0 Å². The third-order valence-electron chi connectivity index (χ3n) is 5.93. The molecule has 0 aromatic heterocycles. The molecule has 11 heteroatoms. The molecule has 0 saturated heterocycles. The molecule has 0 saturated carbocycles. The summed E-state index contributed by atoms with van der Waals surface area (Å²) >= 11 is 5.84. The number of benzene rings is 4. The second-order valence-corrected chi connectivity index (χ2v) is 8.50. The fourth-order valence-electron chi connectivity index (χ4n) is 4.23. The highest BCUT2D eigenvalue weighted by Gasteiger charge is 2.35. The number of hydrogen-bond donors (Lipinski definition) is 2. The second kappa shape index (κ2) is 8.85. The Morgan fingerprint density at radius 1 is 0.919 bits per heavy atom. The van der Waals surface area contributed by atoms with Gasteiger partial charge in [0.25, 0.3) is 23.4 Å². The van der Waals surface area contributed by atoms with E-state index in [0.29, 0.717) is 0 Å². The number of rotatable bonds is 5. The van der Waals surface area contributed by atoms with Crippen molar-refractivity contribution >= 4 is 63.1 Å². The Hall–Kier alpha value is -5.09. The topological polar surface area (TPSA) is 147 Å². The number of imide groups is 1. The van der Waals surface area contributed by atoms with Gasteiger partial charge in [-0.1, -0.05) is 17.7 Å². The van der Waals surface area contributed by atoms with E-state index in [1.807, 2.05) is 0 Å². The maximum atomic E-state index is 13.3. The number of nitrogens with zero attached hydrogens (tertiary/aromatic N) is 2. The first kappa shape index (κ1) is 23.6. The lowest BCUT2D eigenvalue weighted by atomic mass is 9.92. The molecule has 0 atom stereocenters. The van der Waals surface area contributed by atoms with Gasteiger partial charge in [0.2, 0.25) is 0 Å². The predicted octanol–water partition coefficient (Wildman–Crippen LogP) is 5.15. The van der Waals surface area contributed by atoms with Gasteiger partial charge in [0.15, 0.2) is 0 Å². The molecule has 0 fully saturated rings. The number of carbonyl (C=O) groups is 4. The maximum Gasteiger partial charge on any atom is 0.337 e. The lowest BCUT2D eigenvalue weighted by Gasteiger charge is -2.27. The summed E-state index contributed by atoms with van der Waals surface area (Å²) in [7, 11) is 0. The molecule has 0 bridgehead atoms. The summed E-state index contributed by atoms with van der Waals surface area (Å²) in [5, 5.41) is 23.9. The number of carboxylic acids is 1. The first-order chi connectivity index (χ1) is 17.7. The summed E-state index contributed by atoms with van der Waals surface area (Å²) in [4.78, 5) is 62.5. The number of hydrogen-bond acceptors (Lipinski definition) is 6. The molecule has 4 aromatic rings. The van der Waals surface area contributed by atoms with Gasteiger partial charge in [0.05, 0.1) is 27.2 Å². The lowest BCUT2D eigenvalue weighted by molar-refractivity contribution is -0.383. The number of amides is 3. The molecule has 0 aliphatic carbocycles. The zero-order valence-corrected chi connectivity index (χ0v) is 19.4. The summed E-state index contributed by atoms with van der Waals surface area (Å²) in [6, 6.07) is 16.6. The van der Waals surface area contributed by atoms with E-state index in [1.165, 1.54) is 72.8 Å². The van der Waals surface area contributed by atoms with Crippen LogP contribution in [-0.2, 0) is 0 Å². The molecule has 0 radical (unpaired) electrons. The normalized spacial score (nSPS) is 12.5. The molecule has 0 unspecified atom stereocenters. The van der Waals surface area contributed by atoms with Crippen molar-refractivity contribution in [2.24, 2.45) is 0 Å². The van der Waals surface area contributed by atoms with Crippen LogP contribution in [0.4, 0.5) is 17.1 Å². The van der Waals surface area contributed by atoms with Crippen LogP contribution in [0.1, 0.15) is 41.4 Å². The van der Waals surface area contributed by atoms with Crippen LogP contribution >= 0.6 is 11.6 Å². The van der Waals surface area contributed by atoms with Crippen LogP contribution in [0, 0.1) is 10.1 Å². The van der Waals surface area contributed by atoms with E-state index >= 15 is 0 Å². The summed E-state index contributed by atoms with van der Waals surface area (Å²) < 4.78 is 0. The van der Waals surface area contributed by atoms with Crippen molar-refractivity contribution in [1.29, 1.82) is 0 Å². The Balaban J connectivity index is 1.46. The van der Waals surface area contributed by atoms with Crippen LogP contribution in [0.3, 0.4) is 0 Å². The Morgan fingerprint density at radius 3 is 2.24 bits per heavy atom. The molecule has 1 heterocycles. The summed E-state index contributed by atoms with van der Waals surface area (Å²) in [6.07, 6.45) is 0. The van der Waals surface area contributed by atoms with E-state index in [1.54, 1.807) is 0 Å². The van der Waals surface area contributed by atoms with Gasteiger partial charge in [0, 0.05) is 33.2 Å². The number of carboxylic acid groups (broad SMARTS) is 1. The monoisotopic (exact) mass is 515 g/mol. The first-order valence-corrected chi connectivity index (χ1v) is 11.1. The molecule has 1 aliphatic heterocycles. The van der Waals surface area contributed by atoms with Crippen LogP contribution in [0.15, 0.2) is 72.8 Å². The lowest BCUT2D eigenvalue weighted by Crippen LogP contribution is -2.40. The maximum absolute atomic E-state index is 13.3. The third-order valence-corrected chi connectivity index (χ3v) is 6.16. The van der Waals surface area contributed by atoms with Gasteiger partial charge in [0.1, 0.15) is 0 Å². The van der Waals surface area contributed by atoms with E-state index in [-0.39, 0.29) is 55.1 Å². The summed E-state index contributed by atoms with van der Waals surface area (Å²) in [5.41, 5.74) is 0.261. The van der Waals surface area contributed by atoms with Crippen molar-refractivity contribution in [3.05, 3.63) is 110 Å². The summed E-state index contributed by atoms with van der Waals surface area (Å²) in [5.74, 6) is -3.20. The number of halogens is 1. The van der Waals surface area contributed by atoms with Crippen molar-refractivity contribution in [3.8, 4) is 0 Å². The Labute approximate surface area is 212 Å². The molecule has 182 valence electrons. The summed E-state index contributed by atoms with van der Waals surface area (Å²) in [6.45, 7) is 0. The Bertz CT molecular complexity index is 1660. The van der Waals surface area contributed by atoms with E-state index in [9.17, 15) is 34.4 Å². The van der Waals surface area contributed by atoms with Gasteiger partial charge in [-0.3, -0.25) is 24.5 Å². The van der Waals surface area contributed by atoms with E-state index in [2.05, 4.69) is 5.32 Å². The number of nitro groups is 1. The van der Waals surface area contributed by atoms with Crippen molar-refractivity contribution < 1.29 is 29.2 Å². The van der Waals surface area contributed by atoms with Gasteiger partial charge < -0.3 is 10.4 Å². The number of nitro benzene ring substituents is 1. The van der Waals surface area contributed by atoms with Crippen LogP contribution in [-0.4, -0.2) is 33.7 Å². The molecule has 10 nitrogen and oxygen atoms in total. The molecule has 2 N–H and O–H groups in total. The highest BCUT2D eigenvalue weighted by Crippen LogP contribution is 2.37. The fourth-order valence-corrected chi connectivity index (χ4v) is 4.41. The number of non-ortho nitro benzene ring substituents is 1. The van der Waals surface area contributed by atoms with Gasteiger partial charge in [-0.25, -0.2) is 9.69 Å². The predicted molar refractivity (Wildman–Crippen MR) is 135 cm³/mol. The van der Waals surface area contributed by atoms with Crippen molar-refractivity contribution in [2.75, 3.05) is 10.2 Å². The van der Waals surface area contributed by atoms with E-state index in [0.717, 1.165) is 4.90 Å². The van der Waals surface area contributed by atoms with Gasteiger partial charge >= 0.3 is 5.97 Å². The highest BCUT2D eigenvalue weighted by molar-refractivity contribution is 6.36. The number of nitrogens with one attached hydrogen (secondary N) is 1. The largest absolute Gasteiger partial charge is 0.478 e. The molecule has 3 amide bonds. The molecular weight excluding hydrogens is 502 g/mol. The molecule has 5 rings (SSSR count). The van der Waals surface area contributed by atoms with Crippen LogP contribution in [0.25, 0.3) is 10.8 Å². The number of anilines is 2. The van der Waals surface area contributed by atoms with Crippen molar-refractivity contribution in [1.82, 2.24) is 0 Å². The Kier molecular flexibility index (Phi) is 5.65. The molecule has 1 aliphatic rings. The first-order valence-electron chi connectivity index (χ1n) is 10.7. The third kappa shape index (κ3) is 3.95. The smallest absolute Gasteiger partial charge is 0.337 e.